The molecule has 0 aliphatic carbocycles. The largest absolute Gasteiger partial charge is 0.374 e. The Morgan fingerprint density at radius 1 is 1.16 bits per heavy atom. The van der Waals surface area contributed by atoms with Gasteiger partial charge in [-0.3, -0.25) is 4.79 Å². The van der Waals surface area contributed by atoms with Gasteiger partial charge in [-0.1, -0.05) is 24.3 Å². The molecule has 2 aliphatic rings. The number of hydrogen-bond acceptors (Lipinski definition) is 3. The summed E-state index contributed by atoms with van der Waals surface area (Å²) in [5, 5.41) is 0. The van der Waals surface area contributed by atoms with Gasteiger partial charge in [0.1, 0.15) is 0 Å². The molecule has 2 N–H and O–H groups in total. The molecule has 1 fully saturated rings. The molecule has 0 saturated carbocycles. The van der Waals surface area contributed by atoms with Crippen molar-refractivity contribution in [3.63, 3.8) is 0 Å². The quantitative estimate of drug-likeness (QED) is 0.928. The van der Waals surface area contributed by atoms with Crippen LogP contribution in [0.3, 0.4) is 0 Å². The minimum absolute atomic E-state index is 0.275. The van der Waals surface area contributed by atoms with Crippen LogP contribution in [-0.2, 0) is 17.7 Å². The van der Waals surface area contributed by atoms with Gasteiger partial charge < -0.3 is 15.4 Å². The number of nitrogens with two attached hydrogens (primary N) is 1. The maximum Gasteiger partial charge on any atom is 0.248 e. The third kappa shape index (κ3) is 3.40. The fraction of sp³-hybridized carbons (Fsp3) is 0.381. The number of aryl methyl sites for hydroxylation is 1. The molecule has 0 spiro atoms. The number of benzene rings is 2. The zero-order valence-corrected chi connectivity index (χ0v) is 14.4. The van der Waals surface area contributed by atoms with Crippen molar-refractivity contribution in [2.24, 2.45) is 5.73 Å². The number of primary amides is 1. The van der Waals surface area contributed by atoms with Gasteiger partial charge in [-0.05, 0) is 60.6 Å². The Hall–Kier alpha value is -2.33. The number of nitrogens with zero attached hydrogens (tertiary/aromatic N) is 1. The van der Waals surface area contributed by atoms with Crippen molar-refractivity contribution in [2.45, 2.75) is 38.3 Å². The Morgan fingerprint density at radius 3 is 2.72 bits per heavy atom. The molecule has 2 aromatic rings. The van der Waals surface area contributed by atoms with Gasteiger partial charge in [0.25, 0.3) is 0 Å². The highest BCUT2D eigenvalue weighted by molar-refractivity contribution is 5.93. The summed E-state index contributed by atoms with van der Waals surface area (Å²) in [5.41, 5.74) is 11.0. The van der Waals surface area contributed by atoms with E-state index in [0.29, 0.717) is 5.56 Å². The molecule has 25 heavy (non-hydrogen) atoms. The van der Waals surface area contributed by atoms with Crippen molar-refractivity contribution in [1.82, 2.24) is 0 Å². The first-order chi connectivity index (χ1) is 12.2. The molecule has 1 amide bonds. The first-order valence-corrected chi connectivity index (χ1v) is 9.09. The average Bonchev–Trinajstić information content (AvgIpc) is 3.17. The molecule has 2 aromatic carbocycles. The van der Waals surface area contributed by atoms with Crippen LogP contribution in [0.4, 0.5) is 5.69 Å². The second kappa shape index (κ2) is 6.89. The van der Waals surface area contributed by atoms with Crippen molar-refractivity contribution < 1.29 is 9.53 Å². The van der Waals surface area contributed by atoms with E-state index in [-0.39, 0.29) is 12.0 Å². The molecular weight excluding hydrogens is 312 g/mol. The molecule has 0 aromatic heterocycles. The molecule has 4 heteroatoms. The Labute approximate surface area is 148 Å². The lowest BCUT2D eigenvalue weighted by molar-refractivity contribution is 0.1000. The van der Waals surface area contributed by atoms with Gasteiger partial charge in [0.15, 0.2) is 0 Å². The van der Waals surface area contributed by atoms with E-state index in [1.165, 1.54) is 22.4 Å². The van der Waals surface area contributed by atoms with Crippen molar-refractivity contribution in [3.8, 4) is 0 Å². The van der Waals surface area contributed by atoms with Crippen LogP contribution in [0.1, 0.15) is 52.4 Å². The lowest BCUT2D eigenvalue weighted by Gasteiger charge is -2.31. The van der Waals surface area contributed by atoms with E-state index in [4.69, 9.17) is 10.5 Å². The average molecular weight is 336 g/mol. The van der Waals surface area contributed by atoms with Gasteiger partial charge in [0.2, 0.25) is 5.91 Å². The standard InChI is InChI=1S/C21H24N2O2/c22-21(24)18-9-10-19-17(13-18)3-1-11-23(19)14-15-5-7-16(8-6-15)20-4-2-12-25-20/h5-10,13,20H,1-4,11-12,14H2,(H2,22,24). The number of fused-ring (bicyclic) bond motifs is 1. The Kier molecular flexibility index (Phi) is 4.45. The van der Waals surface area contributed by atoms with Gasteiger partial charge in [-0.25, -0.2) is 0 Å². The number of amides is 1. The zero-order valence-electron chi connectivity index (χ0n) is 14.4. The Bertz CT molecular complexity index is 764. The highest BCUT2D eigenvalue weighted by Gasteiger charge is 2.20. The van der Waals surface area contributed by atoms with Crippen molar-refractivity contribution in [3.05, 3.63) is 64.7 Å². The molecule has 4 rings (SSSR count). The zero-order chi connectivity index (χ0) is 17.2. The predicted molar refractivity (Wildman–Crippen MR) is 98.7 cm³/mol. The molecule has 2 heterocycles. The minimum Gasteiger partial charge on any atom is -0.374 e. The fourth-order valence-corrected chi connectivity index (χ4v) is 3.89. The molecule has 1 unspecified atom stereocenters. The first kappa shape index (κ1) is 16.2. The molecule has 130 valence electrons. The van der Waals surface area contributed by atoms with Gasteiger partial charge in [0, 0.05) is 30.9 Å². The van der Waals surface area contributed by atoms with E-state index < -0.39 is 0 Å². The molecule has 1 atom stereocenters. The third-order valence-electron chi connectivity index (χ3n) is 5.23. The number of anilines is 1. The predicted octanol–water partition coefficient (Wildman–Crippen LogP) is 3.59. The molecule has 2 aliphatic heterocycles. The van der Waals surface area contributed by atoms with Gasteiger partial charge in [0.05, 0.1) is 6.10 Å². The highest BCUT2D eigenvalue weighted by Crippen LogP contribution is 2.31. The maximum atomic E-state index is 11.4. The summed E-state index contributed by atoms with van der Waals surface area (Å²) in [6.07, 6.45) is 4.66. The van der Waals surface area contributed by atoms with E-state index in [2.05, 4.69) is 29.2 Å². The third-order valence-corrected chi connectivity index (χ3v) is 5.23. The van der Waals surface area contributed by atoms with Gasteiger partial charge in [-0.15, -0.1) is 0 Å². The van der Waals surface area contributed by atoms with Crippen LogP contribution >= 0.6 is 0 Å². The van der Waals surface area contributed by atoms with Crippen LogP contribution in [0.2, 0.25) is 0 Å². The number of carbonyl (C=O) groups excluding carboxylic acids is 1. The highest BCUT2D eigenvalue weighted by atomic mass is 16.5. The summed E-state index contributed by atoms with van der Waals surface area (Å²) in [6.45, 7) is 2.80. The Balaban J connectivity index is 1.51. The lowest BCUT2D eigenvalue weighted by Crippen LogP contribution is -2.29. The first-order valence-electron chi connectivity index (χ1n) is 9.09. The summed E-state index contributed by atoms with van der Waals surface area (Å²) in [6, 6.07) is 14.6. The second-order valence-corrected chi connectivity index (χ2v) is 6.98. The van der Waals surface area contributed by atoms with Crippen molar-refractivity contribution >= 4 is 11.6 Å². The van der Waals surface area contributed by atoms with Crippen molar-refractivity contribution in [1.29, 1.82) is 0 Å². The monoisotopic (exact) mass is 336 g/mol. The van der Waals surface area contributed by atoms with E-state index in [9.17, 15) is 4.79 Å². The molecular formula is C21H24N2O2. The van der Waals surface area contributed by atoms with Crippen LogP contribution in [0.5, 0.6) is 0 Å². The number of ether oxygens (including phenoxy) is 1. The van der Waals surface area contributed by atoms with Gasteiger partial charge in [-0.2, -0.15) is 0 Å². The lowest BCUT2D eigenvalue weighted by atomic mass is 9.98. The van der Waals surface area contributed by atoms with Crippen LogP contribution in [-0.4, -0.2) is 19.1 Å². The van der Waals surface area contributed by atoms with Crippen molar-refractivity contribution in [2.75, 3.05) is 18.1 Å². The van der Waals surface area contributed by atoms with E-state index in [1.807, 2.05) is 18.2 Å². The van der Waals surface area contributed by atoms with Crippen LogP contribution < -0.4 is 10.6 Å². The summed E-state index contributed by atoms with van der Waals surface area (Å²) < 4.78 is 5.76. The summed E-state index contributed by atoms with van der Waals surface area (Å²) in [4.78, 5) is 13.8. The molecule has 0 radical (unpaired) electrons. The Morgan fingerprint density at radius 2 is 2.00 bits per heavy atom. The topological polar surface area (TPSA) is 55.6 Å². The minimum atomic E-state index is -0.357. The van der Waals surface area contributed by atoms with Crippen LogP contribution in [0.15, 0.2) is 42.5 Å². The summed E-state index contributed by atoms with van der Waals surface area (Å²) in [7, 11) is 0. The van der Waals surface area contributed by atoms with E-state index >= 15 is 0 Å². The van der Waals surface area contributed by atoms with E-state index in [0.717, 1.165) is 45.4 Å². The van der Waals surface area contributed by atoms with E-state index in [1.54, 1.807) is 0 Å². The number of rotatable bonds is 4. The number of carbonyl (C=O) groups is 1. The van der Waals surface area contributed by atoms with Crippen LogP contribution in [0.25, 0.3) is 0 Å². The maximum absolute atomic E-state index is 11.4. The molecule has 1 saturated heterocycles. The normalized spacial score (nSPS) is 19.7. The van der Waals surface area contributed by atoms with Gasteiger partial charge >= 0.3 is 0 Å². The SMILES string of the molecule is NC(=O)c1ccc2c(c1)CCCN2Cc1ccc(C2CCCO2)cc1. The molecule has 4 nitrogen and oxygen atoms in total. The summed E-state index contributed by atoms with van der Waals surface area (Å²) >= 11 is 0. The summed E-state index contributed by atoms with van der Waals surface area (Å²) in [5.74, 6) is -0.357. The second-order valence-electron chi connectivity index (χ2n) is 6.98. The smallest absolute Gasteiger partial charge is 0.248 e. The van der Waals surface area contributed by atoms with Crippen LogP contribution in [0, 0.1) is 0 Å². The number of hydrogen-bond donors (Lipinski definition) is 1. The fourth-order valence-electron chi connectivity index (χ4n) is 3.89. The molecule has 0 bridgehead atoms.